The number of hydrogen-bond donors (Lipinski definition) is 2. The van der Waals surface area contributed by atoms with Crippen LogP contribution >= 0.6 is 27.3 Å². The minimum atomic E-state index is -3.67. The topological polar surface area (TPSA) is 89.3 Å². The van der Waals surface area contributed by atoms with Gasteiger partial charge in [-0.2, -0.15) is 0 Å². The van der Waals surface area contributed by atoms with Crippen molar-refractivity contribution in [3.05, 3.63) is 45.2 Å². The van der Waals surface area contributed by atoms with Crippen LogP contribution in [-0.2, 0) is 10.0 Å². The molecule has 1 aromatic carbocycles. The number of carbonyl (C=O) groups excluding carboxylic acids is 1. The van der Waals surface area contributed by atoms with Gasteiger partial charge < -0.3 is 5.73 Å². The summed E-state index contributed by atoms with van der Waals surface area (Å²) in [5.74, 6) is -0.610. The van der Waals surface area contributed by atoms with Crippen molar-refractivity contribution in [1.29, 1.82) is 0 Å². The molecule has 0 aliphatic heterocycles. The van der Waals surface area contributed by atoms with Gasteiger partial charge in [0.1, 0.15) is 4.21 Å². The Bertz CT molecular complexity index is 749. The molecule has 20 heavy (non-hydrogen) atoms. The Kier molecular flexibility index (Phi) is 4.17. The first kappa shape index (κ1) is 15.0. The lowest BCUT2D eigenvalue weighted by Crippen LogP contribution is -2.14. The highest BCUT2D eigenvalue weighted by Crippen LogP contribution is 2.31. The Hall–Kier alpha value is -1.38. The Morgan fingerprint density at radius 1 is 1.35 bits per heavy atom. The first-order chi connectivity index (χ1) is 9.29. The summed E-state index contributed by atoms with van der Waals surface area (Å²) in [5.41, 5.74) is 6.55. The van der Waals surface area contributed by atoms with E-state index in [0.29, 0.717) is 5.69 Å². The number of sulfonamides is 1. The molecule has 0 saturated carbocycles. The van der Waals surface area contributed by atoms with Gasteiger partial charge in [-0.1, -0.05) is 6.07 Å². The van der Waals surface area contributed by atoms with E-state index < -0.39 is 15.9 Å². The van der Waals surface area contributed by atoms with Gasteiger partial charge in [0.05, 0.1) is 3.79 Å². The van der Waals surface area contributed by atoms with Crippen molar-refractivity contribution in [3.8, 4) is 0 Å². The molecule has 2 aromatic rings. The number of rotatable bonds is 4. The number of amides is 1. The Morgan fingerprint density at radius 3 is 2.60 bits per heavy atom. The Labute approximate surface area is 129 Å². The molecule has 1 amide bonds. The van der Waals surface area contributed by atoms with Crippen LogP contribution in [0.5, 0.6) is 0 Å². The molecule has 0 atom stereocenters. The summed E-state index contributed by atoms with van der Waals surface area (Å²) in [6.07, 6.45) is 0. The molecular formula is C12H11BrN2O3S2. The summed E-state index contributed by atoms with van der Waals surface area (Å²) in [5, 5.41) is 0. The van der Waals surface area contributed by atoms with Gasteiger partial charge in [0.25, 0.3) is 10.0 Å². The maximum Gasteiger partial charge on any atom is 0.271 e. The smallest absolute Gasteiger partial charge is 0.271 e. The monoisotopic (exact) mass is 374 g/mol. The molecule has 1 aromatic heterocycles. The average Bonchev–Trinajstić information content (AvgIpc) is 2.70. The van der Waals surface area contributed by atoms with E-state index in [-0.39, 0.29) is 9.77 Å². The Balaban J connectivity index is 2.33. The second-order valence-corrected chi connectivity index (χ2v) is 8.35. The molecule has 106 valence electrons. The number of carbonyl (C=O) groups is 1. The van der Waals surface area contributed by atoms with Crippen LogP contribution in [0.2, 0.25) is 0 Å². The number of primary amides is 1. The highest BCUT2D eigenvalue weighted by atomic mass is 79.9. The fraction of sp³-hybridized carbons (Fsp3) is 0.0833. The molecule has 5 nitrogen and oxygen atoms in total. The van der Waals surface area contributed by atoms with E-state index >= 15 is 0 Å². The second kappa shape index (κ2) is 5.55. The molecule has 8 heteroatoms. The van der Waals surface area contributed by atoms with Crippen molar-refractivity contribution in [2.75, 3.05) is 4.72 Å². The molecule has 3 N–H and O–H groups in total. The SMILES string of the molecule is Cc1cc(S(=O)(=O)Nc2cccc(C(N)=O)c2)sc1Br. The van der Waals surface area contributed by atoms with Crippen LogP contribution in [0, 0.1) is 6.92 Å². The van der Waals surface area contributed by atoms with E-state index in [1.807, 2.05) is 6.92 Å². The van der Waals surface area contributed by atoms with Crippen molar-refractivity contribution < 1.29 is 13.2 Å². The normalized spacial score (nSPS) is 11.3. The Morgan fingerprint density at radius 2 is 2.05 bits per heavy atom. The molecule has 0 unspecified atom stereocenters. The number of halogens is 1. The number of aryl methyl sites for hydroxylation is 1. The van der Waals surface area contributed by atoms with Crippen LogP contribution < -0.4 is 10.5 Å². The quantitative estimate of drug-likeness (QED) is 0.861. The summed E-state index contributed by atoms with van der Waals surface area (Å²) in [6, 6.07) is 7.61. The standard InChI is InChI=1S/C12H11BrN2O3S2/c1-7-5-10(19-11(7)13)20(17,18)15-9-4-2-3-8(6-9)12(14)16/h2-6,15H,1H3,(H2,14,16). The van der Waals surface area contributed by atoms with Crippen molar-refractivity contribution in [3.63, 3.8) is 0 Å². The first-order valence-corrected chi connectivity index (χ1v) is 8.57. The van der Waals surface area contributed by atoms with Crippen LogP contribution in [0.25, 0.3) is 0 Å². The van der Waals surface area contributed by atoms with Gasteiger partial charge in [0.2, 0.25) is 5.91 Å². The first-order valence-electron chi connectivity index (χ1n) is 5.48. The van der Waals surface area contributed by atoms with E-state index in [9.17, 15) is 13.2 Å². The zero-order valence-electron chi connectivity index (χ0n) is 10.4. The van der Waals surface area contributed by atoms with E-state index in [2.05, 4.69) is 20.7 Å². The molecule has 1 heterocycles. The zero-order valence-corrected chi connectivity index (χ0v) is 13.6. The number of thiophene rings is 1. The molecule has 0 bridgehead atoms. The number of nitrogens with one attached hydrogen (secondary N) is 1. The number of benzene rings is 1. The largest absolute Gasteiger partial charge is 0.366 e. The van der Waals surface area contributed by atoms with E-state index in [1.54, 1.807) is 18.2 Å². The predicted octanol–water partition coefficient (Wildman–Crippen LogP) is 2.72. The van der Waals surface area contributed by atoms with Gasteiger partial charge in [0, 0.05) is 11.3 Å². The third kappa shape index (κ3) is 3.20. The van der Waals surface area contributed by atoms with Gasteiger partial charge in [-0.25, -0.2) is 8.42 Å². The molecule has 0 fully saturated rings. The maximum atomic E-state index is 12.2. The lowest BCUT2D eigenvalue weighted by molar-refractivity contribution is 0.100. The van der Waals surface area contributed by atoms with Crippen molar-refractivity contribution in [2.45, 2.75) is 11.1 Å². The molecule has 2 rings (SSSR count). The summed E-state index contributed by atoms with van der Waals surface area (Å²) >= 11 is 4.42. The minimum Gasteiger partial charge on any atom is -0.366 e. The summed E-state index contributed by atoms with van der Waals surface area (Å²) in [7, 11) is -3.67. The van der Waals surface area contributed by atoms with Crippen LogP contribution in [0.15, 0.2) is 38.3 Å². The average molecular weight is 375 g/mol. The van der Waals surface area contributed by atoms with Gasteiger partial charge in [-0.15, -0.1) is 11.3 Å². The summed E-state index contributed by atoms with van der Waals surface area (Å²) in [6.45, 7) is 1.81. The highest BCUT2D eigenvalue weighted by molar-refractivity contribution is 9.11. The molecule has 0 spiro atoms. The number of hydrogen-bond acceptors (Lipinski definition) is 4. The van der Waals surface area contributed by atoms with E-state index in [4.69, 9.17) is 5.73 Å². The predicted molar refractivity (Wildman–Crippen MR) is 82.5 cm³/mol. The van der Waals surface area contributed by atoms with E-state index in [1.165, 1.54) is 12.1 Å². The summed E-state index contributed by atoms with van der Waals surface area (Å²) < 4.78 is 27.8. The zero-order chi connectivity index (χ0) is 14.9. The molecule has 0 aliphatic carbocycles. The highest BCUT2D eigenvalue weighted by Gasteiger charge is 2.18. The van der Waals surface area contributed by atoms with Gasteiger partial charge >= 0.3 is 0 Å². The van der Waals surface area contributed by atoms with E-state index in [0.717, 1.165) is 20.7 Å². The van der Waals surface area contributed by atoms with Crippen molar-refractivity contribution in [1.82, 2.24) is 0 Å². The molecule has 0 aliphatic rings. The number of nitrogens with two attached hydrogens (primary N) is 1. The fourth-order valence-corrected chi connectivity index (χ4v) is 4.78. The van der Waals surface area contributed by atoms with Crippen molar-refractivity contribution in [2.24, 2.45) is 5.73 Å². The minimum absolute atomic E-state index is 0.200. The van der Waals surface area contributed by atoms with Gasteiger partial charge in [-0.3, -0.25) is 9.52 Å². The van der Waals surface area contributed by atoms with Crippen LogP contribution in [0.1, 0.15) is 15.9 Å². The molecule has 0 radical (unpaired) electrons. The van der Waals surface area contributed by atoms with Crippen LogP contribution in [-0.4, -0.2) is 14.3 Å². The van der Waals surface area contributed by atoms with Crippen LogP contribution in [0.4, 0.5) is 5.69 Å². The maximum absolute atomic E-state index is 12.2. The van der Waals surface area contributed by atoms with Gasteiger partial charge in [-0.05, 0) is 52.7 Å². The molecular weight excluding hydrogens is 364 g/mol. The molecule has 0 saturated heterocycles. The third-order valence-electron chi connectivity index (χ3n) is 2.50. The second-order valence-electron chi connectivity index (χ2n) is 4.07. The van der Waals surface area contributed by atoms with Crippen LogP contribution in [0.3, 0.4) is 0 Å². The van der Waals surface area contributed by atoms with Crippen molar-refractivity contribution >= 4 is 48.9 Å². The third-order valence-corrected chi connectivity index (χ3v) is 6.49. The van der Waals surface area contributed by atoms with Gasteiger partial charge in [0.15, 0.2) is 0 Å². The number of anilines is 1. The lowest BCUT2D eigenvalue weighted by Gasteiger charge is -2.06. The fourth-order valence-electron chi connectivity index (χ4n) is 1.51. The lowest BCUT2D eigenvalue weighted by atomic mass is 10.2. The summed E-state index contributed by atoms with van der Waals surface area (Å²) in [4.78, 5) is 11.1.